The molecule has 1 aromatic carbocycles. The summed E-state index contributed by atoms with van der Waals surface area (Å²) in [4.78, 5) is 0.296. The summed E-state index contributed by atoms with van der Waals surface area (Å²) < 4.78 is 26.6. The lowest BCUT2D eigenvalue weighted by atomic mass is 10.2. The van der Waals surface area contributed by atoms with Gasteiger partial charge in [0.25, 0.3) is 0 Å². The molecule has 1 heterocycles. The summed E-state index contributed by atoms with van der Waals surface area (Å²) in [5, 5.41) is 3.69. The smallest absolute Gasteiger partial charge is 0.243 e. The molecule has 0 atom stereocenters. The fourth-order valence-corrected chi connectivity index (χ4v) is 4.20. The van der Waals surface area contributed by atoms with Crippen LogP contribution in [-0.4, -0.2) is 32.4 Å². The minimum Gasteiger partial charge on any atom is -0.313 e. The van der Waals surface area contributed by atoms with E-state index in [2.05, 4.69) is 5.32 Å². The van der Waals surface area contributed by atoms with Crippen LogP contribution in [0.25, 0.3) is 0 Å². The Morgan fingerprint density at radius 1 is 1.25 bits per heavy atom. The number of benzene rings is 1. The maximum atomic E-state index is 12.5. The van der Waals surface area contributed by atoms with Gasteiger partial charge in [-0.25, -0.2) is 8.42 Å². The maximum absolute atomic E-state index is 12.5. The molecule has 0 aromatic heterocycles. The Kier molecular flexibility index (Phi) is 5.43. The lowest BCUT2D eigenvalue weighted by Crippen LogP contribution is -2.35. The highest BCUT2D eigenvalue weighted by Gasteiger charge is 2.26. The second-order valence-electron chi connectivity index (χ2n) is 5.00. The summed E-state index contributed by atoms with van der Waals surface area (Å²) in [6, 6.07) is 5.02. The summed E-state index contributed by atoms with van der Waals surface area (Å²) in [6.45, 7) is 4.74. The molecule has 1 fully saturated rings. The van der Waals surface area contributed by atoms with Crippen molar-refractivity contribution in [1.82, 2.24) is 9.62 Å². The summed E-state index contributed by atoms with van der Waals surface area (Å²) in [5.74, 6) is 0. The Balaban J connectivity index is 2.21. The van der Waals surface area contributed by atoms with Crippen LogP contribution in [-0.2, 0) is 16.6 Å². The zero-order valence-corrected chi connectivity index (χ0v) is 13.3. The van der Waals surface area contributed by atoms with Gasteiger partial charge in [0.2, 0.25) is 10.0 Å². The van der Waals surface area contributed by atoms with Crippen molar-refractivity contribution in [3.63, 3.8) is 0 Å². The van der Waals surface area contributed by atoms with E-state index in [1.807, 2.05) is 6.92 Å². The Morgan fingerprint density at radius 2 is 1.95 bits per heavy atom. The van der Waals surface area contributed by atoms with E-state index in [-0.39, 0.29) is 0 Å². The first-order valence-electron chi connectivity index (χ1n) is 7.05. The van der Waals surface area contributed by atoms with Crippen LogP contribution in [0.4, 0.5) is 0 Å². The number of nitrogens with zero attached hydrogens (tertiary/aromatic N) is 1. The van der Waals surface area contributed by atoms with E-state index in [0.717, 1.165) is 31.4 Å². The van der Waals surface area contributed by atoms with E-state index in [1.165, 1.54) is 0 Å². The van der Waals surface area contributed by atoms with Gasteiger partial charge >= 0.3 is 0 Å². The van der Waals surface area contributed by atoms with Gasteiger partial charge in [-0.1, -0.05) is 31.0 Å². The number of hydrogen-bond acceptors (Lipinski definition) is 3. The van der Waals surface area contributed by atoms with Crippen molar-refractivity contribution in [2.75, 3.05) is 19.6 Å². The van der Waals surface area contributed by atoms with Gasteiger partial charge in [0.1, 0.15) is 0 Å². The second kappa shape index (κ2) is 6.89. The van der Waals surface area contributed by atoms with Crippen LogP contribution in [0.1, 0.15) is 31.7 Å². The zero-order valence-electron chi connectivity index (χ0n) is 11.7. The van der Waals surface area contributed by atoms with Crippen molar-refractivity contribution in [2.24, 2.45) is 0 Å². The average Bonchev–Trinajstić information content (AvgIpc) is 2.47. The fourth-order valence-electron chi connectivity index (χ4n) is 2.35. The monoisotopic (exact) mass is 316 g/mol. The SMILES string of the molecule is CCNCc1ccc(S(=O)(=O)N2CCCCC2)cc1Cl. The van der Waals surface area contributed by atoms with Crippen LogP contribution in [0.15, 0.2) is 23.1 Å². The lowest BCUT2D eigenvalue weighted by Gasteiger charge is -2.26. The van der Waals surface area contributed by atoms with Gasteiger partial charge < -0.3 is 5.32 Å². The van der Waals surface area contributed by atoms with E-state index in [0.29, 0.717) is 29.6 Å². The van der Waals surface area contributed by atoms with Gasteiger partial charge in [0, 0.05) is 24.7 Å². The van der Waals surface area contributed by atoms with Crippen LogP contribution >= 0.6 is 11.6 Å². The summed E-state index contributed by atoms with van der Waals surface area (Å²) in [5.41, 5.74) is 0.922. The normalized spacial score (nSPS) is 17.3. The van der Waals surface area contributed by atoms with E-state index >= 15 is 0 Å². The molecule has 20 heavy (non-hydrogen) atoms. The van der Waals surface area contributed by atoms with Crippen molar-refractivity contribution >= 4 is 21.6 Å². The number of halogens is 1. The standard InChI is InChI=1S/C14H21ClN2O2S/c1-2-16-11-12-6-7-13(10-14(12)15)20(18,19)17-8-4-3-5-9-17/h6-7,10,16H,2-5,8-9,11H2,1H3. The molecule has 0 aliphatic carbocycles. The number of piperidine rings is 1. The highest BCUT2D eigenvalue weighted by molar-refractivity contribution is 7.89. The Morgan fingerprint density at radius 3 is 2.55 bits per heavy atom. The molecule has 0 unspecified atom stereocenters. The summed E-state index contributed by atoms with van der Waals surface area (Å²) >= 11 is 6.19. The predicted octanol–water partition coefficient (Wildman–Crippen LogP) is 2.62. The van der Waals surface area contributed by atoms with Crippen molar-refractivity contribution in [3.05, 3.63) is 28.8 Å². The number of hydrogen-bond donors (Lipinski definition) is 1. The molecule has 0 saturated carbocycles. The van der Waals surface area contributed by atoms with Gasteiger partial charge in [-0.3, -0.25) is 0 Å². The van der Waals surface area contributed by atoms with Crippen molar-refractivity contribution < 1.29 is 8.42 Å². The topological polar surface area (TPSA) is 49.4 Å². The highest BCUT2D eigenvalue weighted by Crippen LogP contribution is 2.25. The van der Waals surface area contributed by atoms with Crippen LogP contribution in [0, 0.1) is 0 Å². The van der Waals surface area contributed by atoms with Gasteiger partial charge in [-0.05, 0) is 37.1 Å². The predicted molar refractivity (Wildman–Crippen MR) is 81.4 cm³/mol. The maximum Gasteiger partial charge on any atom is 0.243 e. The van der Waals surface area contributed by atoms with Gasteiger partial charge in [0.05, 0.1) is 4.90 Å². The molecule has 1 saturated heterocycles. The Labute approximate surface area is 126 Å². The van der Waals surface area contributed by atoms with E-state index < -0.39 is 10.0 Å². The van der Waals surface area contributed by atoms with Crippen LogP contribution in [0.5, 0.6) is 0 Å². The molecule has 4 nitrogen and oxygen atoms in total. The average molecular weight is 317 g/mol. The van der Waals surface area contributed by atoms with E-state index in [1.54, 1.807) is 22.5 Å². The van der Waals surface area contributed by atoms with Crippen molar-refractivity contribution in [1.29, 1.82) is 0 Å². The third kappa shape index (κ3) is 3.52. The zero-order chi connectivity index (χ0) is 14.6. The molecule has 1 aromatic rings. The van der Waals surface area contributed by atoms with Crippen LogP contribution < -0.4 is 5.32 Å². The molecule has 0 bridgehead atoms. The first-order valence-corrected chi connectivity index (χ1v) is 8.87. The summed E-state index contributed by atoms with van der Waals surface area (Å²) in [6.07, 6.45) is 2.98. The molecule has 1 aliphatic heterocycles. The van der Waals surface area contributed by atoms with Crippen molar-refractivity contribution in [3.8, 4) is 0 Å². The van der Waals surface area contributed by atoms with Gasteiger partial charge in [-0.2, -0.15) is 4.31 Å². The summed E-state index contributed by atoms with van der Waals surface area (Å²) in [7, 11) is -3.39. The first-order chi connectivity index (χ1) is 9.55. The Hall–Kier alpha value is -0.620. The van der Waals surface area contributed by atoms with Crippen molar-refractivity contribution in [2.45, 2.75) is 37.6 Å². The molecule has 0 spiro atoms. The first kappa shape index (κ1) is 15.8. The highest BCUT2D eigenvalue weighted by atomic mass is 35.5. The molecule has 0 radical (unpaired) electrons. The number of sulfonamides is 1. The van der Waals surface area contributed by atoms with Gasteiger partial charge in [0.15, 0.2) is 0 Å². The quantitative estimate of drug-likeness (QED) is 0.908. The van der Waals surface area contributed by atoms with Crippen LogP contribution in [0.3, 0.4) is 0 Å². The van der Waals surface area contributed by atoms with Gasteiger partial charge in [-0.15, -0.1) is 0 Å². The number of nitrogens with one attached hydrogen (secondary N) is 1. The largest absolute Gasteiger partial charge is 0.313 e. The molecule has 6 heteroatoms. The molecule has 0 amide bonds. The molecule has 112 valence electrons. The van der Waals surface area contributed by atoms with Crippen LogP contribution in [0.2, 0.25) is 5.02 Å². The molecular weight excluding hydrogens is 296 g/mol. The van der Waals surface area contributed by atoms with E-state index in [9.17, 15) is 8.42 Å². The fraction of sp³-hybridized carbons (Fsp3) is 0.571. The molecular formula is C14H21ClN2O2S. The molecule has 2 rings (SSSR count). The second-order valence-corrected chi connectivity index (χ2v) is 7.34. The van der Waals surface area contributed by atoms with E-state index in [4.69, 9.17) is 11.6 Å². The Bertz CT molecular complexity index is 554. The third-order valence-corrected chi connectivity index (χ3v) is 5.79. The third-order valence-electron chi connectivity index (χ3n) is 3.54. The number of rotatable bonds is 5. The minimum atomic E-state index is -3.39. The molecule has 1 N–H and O–H groups in total. The molecule has 1 aliphatic rings. The minimum absolute atomic E-state index is 0.296. The lowest BCUT2D eigenvalue weighted by molar-refractivity contribution is 0.346.